The molecule has 2 rings (SSSR count). The molecule has 1 fully saturated rings. The normalized spacial score (nSPS) is 21.8. The molecule has 0 radical (unpaired) electrons. The smallest absolute Gasteiger partial charge is 0.269 e. The molecule has 0 aliphatic heterocycles. The van der Waals surface area contributed by atoms with Crippen LogP contribution in [0, 0.1) is 16.0 Å². The molecule has 1 unspecified atom stereocenters. The lowest BCUT2D eigenvalue weighted by Gasteiger charge is -2.20. The van der Waals surface area contributed by atoms with Crippen LogP contribution in [0.1, 0.15) is 32.6 Å². The third kappa shape index (κ3) is 3.06. The van der Waals surface area contributed by atoms with Crippen LogP contribution < -0.4 is 5.43 Å². The quantitative estimate of drug-likeness (QED) is 0.655. The number of hydrogen-bond donors (Lipinski definition) is 1. The van der Waals surface area contributed by atoms with Crippen molar-refractivity contribution in [3.05, 3.63) is 34.4 Å². The lowest BCUT2D eigenvalue weighted by Crippen LogP contribution is -2.17. The van der Waals surface area contributed by atoms with Crippen LogP contribution in [0.4, 0.5) is 11.4 Å². The van der Waals surface area contributed by atoms with Gasteiger partial charge in [0.25, 0.3) is 5.69 Å². The van der Waals surface area contributed by atoms with Gasteiger partial charge in [-0.15, -0.1) is 0 Å². The molecule has 0 saturated heterocycles. The first-order chi connectivity index (χ1) is 8.66. The largest absolute Gasteiger partial charge is 0.279 e. The second-order valence-corrected chi connectivity index (χ2v) is 4.67. The Hall–Kier alpha value is -1.91. The maximum Gasteiger partial charge on any atom is 0.269 e. The van der Waals surface area contributed by atoms with Crippen LogP contribution in [0.2, 0.25) is 0 Å². The maximum atomic E-state index is 10.5. The van der Waals surface area contributed by atoms with Crippen LogP contribution in [0.25, 0.3) is 0 Å². The van der Waals surface area contributed by atoms with Crippen molar-refractivity contribution >= 4 is 17.1 Å². The Kier molecular flexibility index (Phi) is 3.92. The van der Waals surface area contributed by atoms with E-state index in [1.165, 1.54) is 37.1 Å². The van der Waals surface area contributed by atoms with Crippen LogP contribution in [0.15, 0.2) is 29.4 Å². The van der Waals surface area contributed by atoms with E-state index in [9.17, 15) is 10.1 Å². The Bertz CT molecular complexity index is 454. The van der Waals surface area contributed by atoms with Crippen molar-refractivity contribution < 1.29 is 4.92 Å². The molecular weight excluding hydrogens is 230 g/mol. The highest BCUT2D eigenvalue weighted by molar-refractivity contribution is 5.87. The Morgan fingerprint density at radius 3 is 2.67 bits per heavy atom. The number of nitrogens with zero attached hydrogens (tertiary/aromatic N) is 2. The molecular formula is C13H17N3O2. The molecule has 1 aliphatic rings. The third-order valence-corrected chi connectivity index (χ3v) is 3.30. The van der Waals surface area contributed by atoms with E-state index < -0.39 is 4.92 Å². The molecule has 96 valence electrons. The lowest BCUT2D eigenvalue weighted by molar-refractivity contribution is -0.384. The first-order valence-corrected chi connectivity index (χ1v) is 6.24. The third-order valence-electron chi connectivity index (χ3n) is 3.30. The molecule has 1 atom stereocenters. The highest BCUT2D eigenvalue weighted by atomic mass is 16.6. The number of benzene rings is 1. The summed E-state index contributed by atoms with van der Waals surface area (Å²) in [6.07, 6.45) is 4.71. The summed E-state index contributed by atoms with van der Waals surface area (Å²) < 4.78 is 0. The molecule has 0 amide bonds. The van der Waals surface area contributed by atoms with Gasteiger partial charge in [-0.25, -0.2) is 0 Å². The summed E-state index contributed by atoms with van der Waals surface area (Å²) in [7, 11) is 0. The molecule has 18 heavy (non-hydrogen) atoms. The van der Waals surface area contributed by atoms with Gasteiger partial charge in [0.1, 0.15) is 0 Å². The predicted octanol–water partition coefficient (Wildman–Crippen LogP) is 3.57. The summed E-state index contributed by atoms with van der Waals surface area (Å²) >= 11 is 0. The zero-order valence-corrected chi connectivity index (χ0v) is 10.4. The van der Waals surface area contributed by atoms with Crippen molar-refractivity contribution in [2.75, 3.05) is 5.43 Å². The van der Waals surface area contributed by atoms with Gasteiger partial charge in [0.2, 0.25) is 0 Å². The standard InChI is InChI=1S/C13H17N3O2/c1-10-4-2-3-5-13(10)15-14-11-6-8-12(9-7-11)16(17)18/h6-10,14H,2-5H2,1H3/b15-13+. The molecule has 1 N–H and O–H groups in total. The SMILES string of the molecule is CC1CCCC/C1=N\Nc1ccc([N+](=O)[O-])cc1. The fraction of sp³-hybridized carbons (Fsp3) is 0.462. The van der Waals surface area contributed by atoms with Crippen molar-refractivity contribution in [1.82, 2.24) is 0 Å². The summed E-state index contributed by atoms with van der Waals surface area (Å²) in [5.41, 5.74) is 5.05. The Morgan fingerprint density at radius 1 is 1.33 bits per heavy atom. The number of anilines is 1. The van der Waals surface area contributed by atoms with Crippen molar-refractivity contribution in [1.29, 1.82) is 0 Å². The summed E-state index contributed by atoms with van der Waals surface area (Å²) in [4.78, 5) is 10.1. The molecule has 0 aromatic heterocycles. The highest BCUT2D eigenvalue weighted by Gasteiger charge is 2.15. The second-order valence-electron chi connectivity index (χ2n) is 4.67. The number of rotatable bonds is 3. The average Bonchev–Trinajstić information content (AvgIpc) is 2.38. The molecule has 1 saturated carbocycles. The molecule has 5 nitrogen and oxygen atoms in total. The van der Waals surface area contributed by atoms with Gasteiger partial charge >= 0.3 is 0 Å². The molecule has 0 spiro atoms. The summed E-state index contributed by atoms with van der Waals surface area (Å²) in [6.45, 7) is 2.19. The number of nitro benzene ring substituents is 1. The number of nitro groups is 1. The first kappa shape index (κ1) is 12.5. The average molecular weight is 247 g/mol. The van der Waals surface area contributed by atoms with Gasteiger partial charge in [-0.2, -0.15) is 5.10 Å². The molecule has 1 aromatic rings. The van der Waals surface area contributed by atoms with E-state index in [1.807, 2.05) is 0 Å². The van der Waals surface area contributed by atoms with Crippen LogP contribution in [-0.4, -0.2) is 10.6 Å². The minimum Gasteiger partial charge on any atom is -0.279 e. The molecule has 0 bridgehead atoms. The van der Waals surface area contributed by atoms with Gasteiger partial charge < -0.3 is 0 Å². The van der Waals surface area contributed by atoms with Gasteiger partial charge in [-0.1, -0.05) is 13.3 Å². The fourth-order valence-electron chi connectivity index (χ4n) is 2.13. The van der Waals surface area contributed by atoms with Crippen molar-refractivity contribution in [3.63, 3.8) is 0 Å². The number of hydrogen-bond acceptors (Lipinski definition) is 4. The lowest BCUT2D eigenvalue weighted by atomic mass is 9.89. The van der Waals surface area contributed by atoms with Crippen molar-refractivity contribution in [2.24, 2.45) is 11.0 Å². The van der Waals surface area contributed by atoms with E-state index in [-0.39, 0.29) is 5.69 Å². The zero-order valence-electron chi connectivity index (χ0n) is 10.4. The molecule has 1 aromatic carbocycles. The van der Waals surface area contributed by atoms with Gasteiger partial charge in [0.15, 0.2) is 0 Å². The zero-order chi connectivity index (χ0) is 13.0. The Morgan fingerprint density at radius 2 is 2.06 bits per heavy atom. The van der Waals surface area contributed by atoms with E-state index in [1.54, 1.807) is 12.1 Å². The van der Waals surface area contributed by atoms with Crippen molar-refractivity contribution in [2.45, 2.75) is 32.6 Å². The van der Waals surface area contributed by atoms with Gasteiger partial charge in [0, 0.05) is 17.8 Å². The number of hydrazone groups is 1. The fourth-order valence-corrected chi connectivity index (χ4v) is 2.13. The van der Waals surface area contributed by atoms with E-state index in [0.29, 0.717) is 5.92 Å². The summed E-state index contributed by atoms with van der Waals surface area (Å²) in [5, 5.41) is 14.9. The minimum atomic E-state index is -0.404. The Balaban J connectivity index is 2.01. The second kappa shape index (κ2) is 5.62. The summed E-state index contributed by atoms with van der Waals surface area (Å²) in [5.74, 6) is 0.532. The molecule has 5 heteroatoms. The van der Waals surface area contributed by atoms with Crippen LogP contribution in [-0.2, 0) is 0 Å². The summed E-state index contributed by atoms with van der Waals surface area (Å²) in [6, 6.07) is 6.31. The predicted molar refractivity (Wildman–Crippen MR) is 71.8 cm³/mol. The van der Waals surface area contributed by atoms with E-state index in [2.05, 4.69) is 17.5 Å². The monoisotopic (exact) mass is 247 g/mol. The first-order valence-electron chi connectivity index (χ1n) is 6.24. The topological polar surface area (TPSA) is 67.5 Å². The number of non-ortho nitro benzene ring substituents is 1. The maximum absolute atomic E-state index is 10.5. The highest BCUT2D eigenvalue weighted by Crippen LogP contribution is 2.22. The van der Waals surface area contributed by atoms with Gasteiger partial charge in [-0.3, -0.25) is 15.5 Å². The number of nitrogens with one attached hydrogen (secondary N) is 1. The van der Waals surface area contributed by atoms with Crippen LogP contribution >= 0.6 is 0 Å². The van der Waals surface area contributed by atoms with Crippen LogP contribution in [0.3, 0.4) is 0 Å². The Labute approximate surface area is 106 Å². The van der Waals surface area contributed by atoms with E-state index in [0.717, 1.165) is 12.1 Å². The van der Waals surface area contributed by atoms with Gasteiger partial charge in [-0.05, 0) is 37.3 Å². The molecule has 1 aliphatic carbocycles. The molecule has 0 heterocycles. The van der Waals surface area contributed by atoms with Crippen LogP contribution in [0.5, 0.6) is 0 Å². The van der Waals surface area contributed by atoms with Gasteiger partial charge in [0.05, 0.1) is 10.6 Å². The van der Waals surface area contributed by atoms with E-state index >= 15 is 0 Å². The minimum absolute atomic E-state index is 0.0965. The van der Waals surface area contributed by atoms with E-state index in [4.69, 9.17) is 0 Å². The van der Waals surface area contributed by atoms with Crippen molar-refractivity contribution in [3.8, 4) is 0 Å².